The van der Waals surface area contributed by atoms with Gasteiger partial charge in [0, 0.05) is 29.6 Å². The molecule has 736 valence electrons. The molecule has 0 aromatic heterocycles. The van der Waals surface area contributed by atoms with E-state index in [4.69, 9.17) is 28.4 Å². The molecule has 0 amide bonds. The Morgan fingerprint density at radius 2 is 0.699 bits per heavy atom. The molecule has 2 aliphatic heterocycles. The summed E-state index contributed by atoms with van der Waals surface area (Å²) in [6.07, 6.45) is -36.5. The lowest BCUT2D eigenvalue weighted by molar-refractivity contribution is -0.220. The van der Waals surface area contributed by atoms with E-state index in [0.717, 1.165) is 55.6 Å². The Balaban J connectivity index is 0.000000184. The van der Waals surface area contributed by atoms with E-state index in [0.29, 0.717) is 47.9 Å². The Labute approximate surface area is 754 Å². The fourth-order valence-corrected chi connectivity index (χ4v) is 21.8. The SMILES string of the molecule is Cc1cc(C)c(C)c(C(=O)OC2C3CC4C(OC(=O)C42)C3C(=O)OC(CS(=O)(=O)[O-])C(F)(F)F)c1.Cc1cc(C)c(C)c(C(=O)OC2C3CC4C2OC(=O)C4C3C(=O)OC(CS(=O)(=O)[O-])C(F)(F)F)c1.Cc1cc(C)c(C)c(C(=O)OC2CC3CC(C(=O)OC(CS(=O)(=O)[O-])C(F)(F)F)C2C3)c1.Cc1cc(C)c(C)c(C(=O)OC2CCCC(C(=O)OC(CS(=O)(=O)[O-])C(F)(F)F)C2)c1. The number of hydrogen-bond acceptors (Lipinski definition) is 32. The molecule has 4 aromatic carbocycles. The minimum atomic E-state index is -5.38. The largest absolute Gasteiger partial charge is 0.748 e. The maximum absolute atomic E-state index is 13.2. The summed E-state index contributed by atoms with van der Waals surface area (Å²) in [5, 5.41) is 0. The van der Waals surface area contributed by atoms with Crippen LogP contribution in [0.3, 0.4) is 0 Å². The zero-order valence-corrected chi connectivity index (χ0v) is 76.0. The minimum absolute atomic E-state index is 0.0247. The predicted octanol–water partition coefficient (Wildman–Crippen LogP) is 10.5. The van der Waals surface area contributed by atoms with Crippen molar-refractivity contribution in [3.63, 3.8) is 0 Å². The molecule has 13 rings (SSSR count). The molecule has 133 heavy (non-hydrogen) atoms. The third-order valence-corrected chi connectivity index (χ3v) is 28.6. The quantitative estimate of drug-likeness (QED) is 0.0272. The van der Waals surface area contributed by atoms with Gasteiger partial charge in [0.25, 0.3) is 0 Å². The van der Waals surface area contributed by atoms with Crippen LogP contribution in [0.2, 0.25) is 0 Å². The molecule has 7 saturated carbocycles. The van der Waals surface area contributed by atoms with Gasteiger partial charge in [-0.25, -0.2) is 52.8 Å². The van der Waals surface area contributed by atoms with Gasteiger partial charge >= 0.3 is 84.4 Å². The summed E-state index contributed by atoms with van der Waals surface area (Å²) in [6.45, 7) is 21.6. The summed E-state index contributed by atoms with van der Waals surface area (Å²) >= 11 is 0. The molecule has 2 saturated heterocycles. The second kappa shape index (κ2) is 39.6. The summed E-state index contributed by atoms with van der Waals surface area (Å²) in [5.41, 5.74) is 10.9. The highest BCUT2D eigenvalue weighted by Crippen LogP contribution is 2.61. The van der Waals surface area contributed by atoms with E-state index in [1.807, 2.05) is 58.9 Å². The van der Waals surface area contributed by atoms with Crippen molar-refractivity contribution in [2.24, 2.45) is 71.0 Å². The van der Waals surface area contributed by atoms with Gasteiger partial charge in [-0.1, -0.05) is 24.3 Å². The Morgan fingerprint density at radius 3 is 1.08 bits per heavy atom. The Kier molecular flexibility index (Phi) is 31.4. The highest BCUT2D eigenvalue weighted by Gasteiger charge is 2.72. The average molecular weight is 1980 g/mol. The van der Waals surface area contributed by atoms with Gasteiger partial charge in [0.1, 0.15) is 48.5 Å². The zero-order valence-electron chi connectivity index (χ0n) is 72.7. The van der Waals surface area contributed by atoms with Crippen LogP contribution in [0.15, 0.2) is 48.5 Å². The molecule has 9 aliphatic rings. The Morgan fingerprint density at radius 1 is 0.368 bits per heavy atom. The molecule has 6 bridgehead atoms. The molecule has 2 heterocycles. The first-order chi connectivity index (χ1) is 61.0. The van der Waals surface area contributed by atoms with Crippen LogP contribution < -0.4 is 0 Å². The summed E-state index contributed by atoms with van der Waals surface area (Å²) in [4.78, 5) is 126. The fourth-order valence-electron chi connectivity index (χ4n) is 19.3. The van der Waals surface area contributed by atoms with Crippen molar-refractivity contribution < 1.29 is 200 Å². The van der Waals surface area contributed by atoms with Gasteiger partial charge in [-0.05, 0) is 238 Å². The van der Waals surface area contributed by atoms with Crippen LogP contribution in [-0.4, -0.2) is 220 Å². The second-order valence-corrected chi connectivity index (χ2v) is 41.0. The summed E-state index contributed by atoms with van der Waals surface area (Å²) in [7, 11) is -21.3. The summed E-state index contributed by atoms with van der Waals surface area (Å²) < 4.78 is 338. The lowest BCUT2D eigenvalue weighted by atomic mass is 9.78. The lowest BCUT2D eigenvalue weighted by Crippen LogP contribution is -2.47. The van der Waals surface area contributed by atoms with Crippen LogP contribution in [0.5, 0.6) is 0 Å². The number of carbonyl (C=O) groups excluding carboxylic acids is 10. The summed E-state index contributed by atoms with van der Waals surface area (Å²) in [5.74, 6) is -27.6. The lowest BCUT2D eigenvalue weighted by Gasteiger charge is -2.31. The van der Waals surface area contributed by atoms with Gasteiger partial charge in [0.15, 0.2) is 0 Å². The van der Waals surface area contributed by atoms with Crippen LogP contribution in [0, 0.1) is 154 Å². The smallest absolute Gasteiger partial charge is 0.426 e. The van der Waals surface area contributed by atoms with Gasteiger partial charge in [-0.3, -0.25) is 28.8 Å². The molecule has 9 fully saturated rings. The average Bonchev–Trinajstić information content (AvgIpc) is 1.55. The molecule has 22 atom stereocenters. The highest BCUT2D eigenvalue weighted by molar-refractivity contribution is 7.86. The van der Waals surface area contributed by atoms with E-state index < -0.39 is 274 Å². The van der Waals surface area contributed by atoms with E-state index in [1.165, 1.54) is 0 Å². The van der Waals surface area contributed by atoms with Crippen LogP contribution in [0.1, 0.15) is 166 Å². The first kappa shape index (κ1) is 105. The van der Waals surface area contributed by atoms with Crippen LogP contribution >= 0.6 is 0 Å². The van der Waals surface area contributed by atoms with Crippen molar-refractivity contribution in [2.75, 3.05) is 23.0 Å². The third-order valence-electron chi connectivity index (χ3n) is 25.7. The molecular weight excluding hydrogens is 1890 g/mol. The van der Waals surface area contributed by atoms with Crippen LogP contribution in [0.4, 0.5) is 52.7 Å². The van der Waals surface area contributed by atoms with E-state index >= 15 is 0 Å². The number of alkyl halides is 12. The molecule has 48 heteroatoms. The molecule has 0 N–H and O–H groups in total. The molecule has 4 aromatic rings. The normalized spacial score (nSPS) is 27.0. The van der Waals surface area contributed by atoms with Crippen LogP contribution in [0.25, 0.3) is 0 Å². The first-order valence-corrected chi connectivity index (χ1v) is 47.7. The minimum Gasteiger partial charge on any atom is -0.748 e. The van der Waals surface area contributed by atoms with Gasteiger partial charge in [0.2, 0.25) is 24.4 Å². The molecule has 7 aliphatic carbocycles. The van der Waals surface area contributed by atoms with Gasteiger partial charge < -0.3 is 65.6 Å². The predicted molar refractivity (Wildman–Crippen MR) is 425 cm³/mol. The number of esters is 10. The van der Waals surface area contributed by atoms with E-state index in [9.17, 15) is 153 Å². The van der Waals surface area contributed by atoms with Crippen molar-refractivity contribution in [3.8, 4) is 0 Å². The van der Waals surface area contributed by atoms with Gasteiger partial charge in [-0.2, -0.15) is 52.7 Å². The van der Waals surface area contributed by atoms with Gasteiger partial charge in [0.05, 0.1) is 109 Å². The molecular formula is C85H92F12O32S4-4. The molecule has 0 radical (unpaired) electrons. The number of carbonyl (C=O) groups is 10. The first-order valence-electron chi connectivity index (χ1n) is 41.4. The molecule has 32 nitrogen and oxygen atoms in total. The van der Waals surface area contributed by atoms with Crippen molar-refractivity contribution in [2.45, 2.75) is 227 Å². The number of fused-ring (bicyclic) bond motifs is 4. The number of halogens is 12. The number of ether oxygens (including phenoxy) is 10. The standard InChI is InChI=1S/2C22H23F3O9S.C21H25F3O7S.C20H25F3O7S/c1-8-4-9(2)10(3)11(5-8)19(26)33-17-12-6-13-16(17)21(28)34-18(13)15(12)20(27)32-14(22(23,24)25)7-35(29,30)31;1-8-4-9(2)10(3)11(5-8)19(26)33-17-12-6-13-16(21(28)34-18(13)17)15(12)20(27)32-14(22(23,24)25)7-35(29,30)31;1-10-4-11(2)12(3)14(5-10)19(25)30-17-8-13-6-15(17)16(7-13)20(26)31-18(21(22,23)24)9-32(27,28)29;1-11-7-12(2)13(3)16(8-11)19(25)29-15-6-4-5-14(9-15)18(24)30-17(20(21,22)23)10-31(26,27)28/h2*4-5,12-18H,6-7H2,1-3H3,(H,29,30,31);4-5,13,15-18H,6-9H2,1-3H3,(H,27,28,29);7-8,14-15,17H,4-6,9-10H2,1-3H3,(H,26,27,28)/p-4. The van der Waals surface area contributed by atoms with Crippen molar-refractivity contribution in [3.05, 3.63) is 138 Å². The van der Waals surface area contributed by atoms with Gasteiger partial charge in [-0.15, -0.1) is 0 Å². The maximum Gasteiger partial charge on any atom is 0.426 e. The molecule has 0 spiro atoms. The molecule has 22 unspecified atom stereocenters. The topological polar surface area (TPSA) is 492 Å². The Hall–Kier alpha value is -9.62. The van der Waals surface area contributed by atoms with Crippen molar-refractivity contribution >= 4 is 100 Å². The summed E-state index contributed by atoms with van der Waals surface area (Å²) in [6, 6.07) is 14.2. The fraction of sp³-hybridized carbons (Fsp3) is 0.600. The van der Waals surface area contributed by atoms with E-state index in [-0.39, 0.29) is 49.1 Å². The van der Waals surface area contributed by atoms with E-state index in [2.05, 4.69) is 18.9 Å². The van der Waals surface area contributed by atoms with E-state index in [1.54, 1.807) is 72.7 Å². The highest BCUT2D eigenvalue weighted by atomic mass is 32.2. The maximum atomic E-state index is 13.2. The Bertz CT molecular complexity index is 5720. The number of hydrogen-bond donors (Lipinski definition) is 0. The van der Waals surface area contributed by atoms with Crippen molar-refractivity contribution in [1.82, 2.24) is 0 Å². The second-order valence-electron chi connectivity index (χ2n) is 35.2. The monoisotopic (exact) mass is 1980 g/mol. The van der Waals surface area contributed by atoms with Crippen LogP contribution in [-0.2, 0) is 117 Å². The number of rotatable bonds is 24. The number of aryl methyl sites for hydroxylation is 8. The third kappa shape index (κ3) is 25.4. The van der Waals surface area contributed by atoms with Crippen molar-refractivity contribution in [1.29, 1.82) is 0 Å². The number of benzene rings is 4. The zero-order chi connectivity index (χ0) is 99.6.